The van der Waals surface area contributed by atoms with Gasteiger partial charge in [-0.3, -0.25) is 9.59 Å². The maximum atomic E-state index is 11.8. The van der Waals surface area contributed by atoms with Crippen molar-refractivity contribution in [3.63, 3.8) is 0 Å². The van der Waals surface area contributed by atoms with Crippen molar-refractivity contribution in [2.75, 3.05) is 5.32 Å². The Morgan fingerprint density at radius 3 is 2.67 bits per heavy atom. The molecule has 0 fully saturated rings. The topological polar surface area (TPSA) is 51.1 Å². The predicted molar refractivity (Wildman–Crippen MR) is 72.6 cm³/mol. The zero-order valence-electron chi connectivity index (χ0n) is 9.47. The number of nitrogens with one attached hydrogen (secondary N) is 1. The van der Waals surface area contributed by atoms with Crippen LogP contribution in [-0.4, -0.2) is 16.8 Å². The number of amides is 1. The summed E-state index contributed by atoms with van der Waals surface area (Å²) in [4.78, 5) is 22.5. The van der Waals surface area contributed by atoms with Gasteiger partial charge < -0.3 is 9.88 Å². The highest BCUT2D eigenvalue weighted by atomic mass is 79.9. The van der Waals surface area contributed by atoms with E-state index in [0.29, 0.717) is 5.69 Å². The number of hydrogen-bond acceptors (Lipinski definition) is 2. The van der Waals surface area contributed by atoms with Crippen LogP contribution in [0.3, 0.4) is 0 Å². The third-order valence-electron chi connectivity index (χ3n) is 2.43. The number of benzene rings is 1. The van der Waals surface area contributed by atoms with E-state index in [0.717, 1.165) is 16.4 Å². The van der Waals surface area contributed by atoms with Gasteiger partial charge in [-0.1, -0.05) is 15.9 Å². The summed E-state index contributed by atoms with van der Waals surface area (Å²) in [6.45, 7) is 0.122. The first-order chi connectivity index (χ1) is 8.69. The summed E-state index contributed by atoms with van der Waals surface area (Å²) in [5.41, 5.74) is 1.21. The molecule has 0 aliphatic heterocycles. The molecule has 1 aromatic heterocycles. The lowest BCUT2D eigenvalue weighted by Crippen LogP contribution is -2.19. The summed E-state index contributed by atoms with van der Waals surface area (Å²) in [7, 11) is 0. The van der Waals surface area contributed by atoms with Crippen LogP contribution in [0.25, 0.3) is 0 Å². The Morgan fingerprint density at radius 2 is 2.00 bits per heavy atom. The molecule has 0 bridgehead atoms. The van der Waals surface area contributed by atoms with Crippen molar-refractivity contribution in [3.8, 4) is 0 Å². The Morgan fingerprint density at radius 1 is 1.28 bits per heavy atom. The van der Waals surface area contributed by atoms with Crippen molar-refractivity contribution in [3.05, 3.63) is 52.8 Å². The lowest BCUT2D eigenvalue weighted by Gasteiger charge is -2.07. The summed E-state index contributed by atoms with van der Waals surface area (Å²) in [6.07, 6.45) is 2.43. The maximum Gasteiger partial charge on any atom is 0.244 e. The number of aldehydes is 1. The minimum atomic E-state index is -0.170. The molecule has 1 aromatic carbocycles. The second-order valence-electron chi connectivity index (χ2n) is 3.73. The molecule has 92 valence electrons. The van der Waals surface area contributed by atoms with Crippen LogP contribution < -0.4 is 5.32 Å². The van der Waals surface area contributed by atoms with Gasteiger partial charge in [-0.2, -0.15) is 0 Å². The van der Waals surface area contributed by atoms with Gasteiger partial charge >= 0.3 is 0 Å². The van der Waals surface area contributed by atoms with Gasteiger partial charge in [0.1, 0.15) is 6.54 Å². The lowest BCUT2D eigenvalue weighted by atomic mass is 10.3. The molecule has 1 heterocycles. The molecule has 0 aliphatic carbocycles. The van der Waals surface area contributed by atoms with Crippen molar-refractivity contribution >= 4 is 33.8 Å². The normalized spacial score (nSPS) is 10.1. The molecule has 5 heteroatoms. The Bertz CT molecular complexity index is 561. The lowest BCUT2D eigenvalue weighted by molar-refractivity contribution is -0.116. The fourth-order valence-electron chi connectivity index (χ4n) is 1.57. The maximum absolute atomic E-state index is 11.8. The first-order valence-corrected chi connectivity index (χ1v) is 6.14. The first-order valence-electron chi connectivity index (χ1n) is 5.35. The van der Waals surface area contributed by atoms with Crippen LogP contribution in [0.5, 0.6) is 0 Å². The van der Waals surface area contributed by atoms with Gasteiger partial charge in [0, 0.05) is 16.4 Å². The van der Waals surface area contributed by atoms with E-state index in [-0.39, 0.29) is 12.5 Å². The molecule has 0 aliphatic rings. The summed E-state index contributed by atoms with van der Waals surface area (Å²) >= 11 is 3.32. The van der Waals surface area contributed by atoms with Crippen molar-refractivity contribution in [2.24, 2.45) is 0 Å². The monoisotopic (exact) mass is 306 g/mol. The highest BCUT2D eigenvalue weighted by Crippen LogP contribution is 2.14. The molecule has 0 spiro atoms. The number of carbonyl (C=O) groups excluding carboxylic acids is 2. The fraction of sp³-hybridized carbons (Fsp3) is 0.0769. The quantitative estimate of drug-likeness (QED) is 0.883. The van der Waals surface area contributed by atoms with E-state index < -0.39 is 0 Å². The molecule has 0 atom stereocenters. The first kappa shape index (κ1) is 12.6. The molecule has 0 unspecified atom stereocenters. The smallest absolute Gasteiger partial charge is 0.244 e. The van der Waals surface area contributed by atoms with Crippen LogP contribution in [0.1, 0.15) is 10.5 Å². The van der Waals surface area contributed by atoms with Gasteiger partial charge in [-0.15, -0.1) is 0 Å². The van der Waals surface area contributed by atoms with Crippen LogP contribution in [-0.2, 0) is 11.3 Å². The zero-order chi connectivity index (χ0) is 13.0. The number of carbonyl (C=O) groups is 2. The van der Waals surface area contributed by atoms with Crippen molar-refractivity contribution in [1.29, 1.82) is 0 Å². The zero-order valence-corrected chi connectivity index (χ0v) is 11.1. The molecule has 0 radical (unpaired) electrons. The van der Waals surface area contributed by atoms with Crippen LogP contribution in [0.4, 0.5) is 5.69 Å². The Kier molecular flexibility index (Phi) is 3.94. The van der Waals surface area contributed by atoms with E-state index in [4.69, 9.17) is 0 Å². The highest BCUT2D eigenvalue weighted by molar-refractivity contribution is 9.10. The van der Waals surface area contributed by atoms with Gasteiger partial charge in [0.2, 0.25) is 5.91 Å². The average molecular weight is 307 g/mol. The predicted octanol–water partition coefficient (Wildman–Crippen LogP) is 2.70. The number of anilines is 1. The Labute approximate surface area is 113 Å². The molecule has 1 N–H and O–H groups in total. The minimum absolute atomic E-state index is 0.122. The third-order valence-corrected chi connectivity index (χ3v) is 2.96. The molecule has 18 heavy (non-hydrogen) atoms. The second kappa shape index (κ2) is 5.64. The molecule has 4 nitrogen and oxygen atoms in total. The van der Waals surface area contributed by atoms with Crippen LogP contribution in [0, 0.1) is 0 Å². The second-order valence-corrected chi connectivity index (χ2v) is 4.65. The van der Waals surface area contributed by atoms with E-state index in [1.165, 1.54) is 0 Å². The van der Waals surface area contributed by atoms with Gasteiger partial charge in [0.05, 0.1) is 5.69 Å². The van der Waals surface area contributed by atoms with Crippen LogP contribution in [0.2, 0.25) is 0 Å². The van der Waals surface area contributed by atoms with Crippen molar-refractivity contribution < 1.29 is 9.59 Å². The molecular formula is C13H11BrN2O2. The van der Waals surface area contributed by atoms with Gasteiger partial charge in [0.25, 0.3) is 0 Å². The summed E-state index contributed by atoms with van der Waals surface area (Å²) in [5.74, 6) is -0.170. The number of aromatic nitrogens is 1. The van der Waals surface area contributed by atoms with Gasteiger partial charge in [-0.25, -0.2) is 0 Å². The van der Waals surface area contributed by atoms with Crippen LogP contribution in [0.15, 0.2) is 47.1 Å². The van der Waals surface area contributed by atoms with Crippen LogP contribution >= 0.6 is 15.9 Å². The Balaban J connectivity index is 2.01. The largest absolute Gasteiger partial charge is 0.336 e. The number of hydrogen-bond donors (Lipinski definition) is 1. The van der Waals surface area contributed by atoms with E-state index >= 15 is 0 Å². The van der Waals surface area contributed by atoms with Crippen molar-refractivity contribution in [1.82, 2.24) is 4.57 Å². The number of halogens is 1. The Hall–Kier alpha value is -1.88. The van der Waals surface area contributed by atoms with E-state index in [9.17, 15) is 9.59 Å². The van der Waals surface area contributed by atoms with Gasteiger partial charge in [-0.05, 0) is 36.4 Å². The molecule has 2 aromatic rings. The fourth-order valence-corrected chi connectivity index (χ4v) is 1.83. The average Bonchev–Trinajstić information content (AvgIpc) is 2.79. The molecule has 0 saturated heterocycles. The summed E-state index contributed by atoms with van der Waals surface area (Å²) < 4.78 is 2.55. The van der Waals surface area contributed by atoms with Gasteiger partial charge in [0.15, 0.2) is 6.29 Å². The minimum Gasteiger partial charge on any atom is -0.336 e. The highest BCUT2D eigenvalue weighted by Gasteiger charge is 2.06. The van der Waals surface area contributed by atoms with E-state index in [1.54, 1.807) is 35.0 Å². The SMILES string of the molecule is O=Cc1cccn1CC(=O)Nc1ccc(Br)cc1. The molecule has 1 amide bonds. The standard InChI is InChI=1S/C13H11BrN2O2/c14-10-3-5-11(6-4-10)15-13(18)8-16-7-1-2-12(16)9-17/h1-7,9H,8H2,(H,15,18). The molecule has 2 rings (SSSR count). The summed E-state index contributed by atoms with van der Waals surface area (Å²) in [6, 6.07) is 10.7. The van der Waals surface area contributed by atoms with Crippen molar-refractivity contribution in [2.45, 2.75) is 6.54 Å². The van der Waals surface area contributed by atoms with E-state index in [2.05, 4.69) is 21.2 Å². The third kappa shape index (κ3) is 3.07. The number of nitrogens with zero attached hydrogens (tertiary/aromatic N) is 1. The molecular weight excluding hydrogens is 296 g/mol. The number of rotatable bonds is 4. The van der Waals surface area contributed by atoms with E-state index in [1.807, 2.05) is 12.1 Å². The summed E-state index contributed by atoms with van der Waals surface area (Å²) in [5, 5.41) is 2.76. The molecule has 0 saturated carbocycles.